The van der Waals surface area contributed by atoms with Crippen LogP contribution in [0.4, 0.5) is 5.69 Å². The zero-order valence-electron chi connectivity index (χ0n) is 12.5. The van der Waals surface area contributed by atoms with E-state index in [1.165, 1.54) is 5.56 Å². The molecule has 1 amide bonds. The Kier molecular flexibility index (Phi) is 5.01. The van der Waals surface area contributed by atoms with Gasteiger partial charge in [0.2, 0.25) is 0 Å². The molecule has 2 rings (SSSR count). The summed E-state index contributed by atoms with van der Waals surface area (Å²) < 4.78 is 5.40. The summed E-state index contributed by atoms with van der Waals surface area (Å²) in [7, 11) is 3.44. The minimum absolute atomic E-state index is 0.0452. The highest BCUT2D eigenvalue weighted by atomic mass is 16.5. The number of amides is 1. The van der Waals surface area contributed by atoms with E-state index < -0.39 is 0 Å². The molecule has 4 heteroatoms. The number of ether oxygens (including phenoxy) is 1. The van der Waals surface area contributed by atoms with Gasteiger partial charge in [0.15, 0.2) is 0 Å². The maximum atomic E-state index is 11.7. The van der Waals surface area contributed by atoms with Gasteiger partial charge in [-0.3, -0.25) is 4.79 Å². The van der Waals surface area contributed by atoms with E-state index in [0.717, 1.165) is 31.4 Å². The van der Waals surface area contributed by atoms with Gasteiger partial charge in [-0.2, -0.15) is 0 Å². The third-order valence-electron chi connectivity index (χ3n) is 4.09. The lowest BCUT2D eigenvalue weighted by atomic mass is 9.92. The van der Waals surface area contributed by atoms with Crippen LogP contribution in [-0.4, -0.2) is 32.2 Å². The maximum Gasteiger partial charge on any atom is 0.251 e. The van der Waals surface area contributed by atoms with Crippen molar-refractivity contribution >= 4 is 11.6 Å². The summed E-state index contributed by atoms with van der Waals surface area (Å²) in [4.78, 5) is 11.7. The predicted molar refractivity (Wildman–Crippen MR) is 81.2 cm³/mol. The van der Waals surface area contributed by atoms with Gasteiger partial charge in [-0.25, -0.2) is 0 Å². The molecular weight excluding hydrogens is 252 g/mol. The molecule has 4 nitrogen and oxygen atoms in total. The van der Waals surface area contributed by atoms with Crippen LogP contribution in [0.1, 0.15) is 41.6 Å². The van der Waals surface area contributed by atoms with Crippen LogP contribution in [0.5, 0.6) is 0 Å². The van der Waals surface area contributed by atoms with Gasteiger partial charge in [0, 0.05) is 31.5 Å². The summed E-state index contributed by atoms with van der Waals surface area (Å²) in [6, 6.07) is 6.27. The minimum Gasteiger partial charge on any atom is -0.382 e. The van der Waals surface area contributed by atoms with E-state index in [9.17, 15) is 4.79 Å². The smallest absolute Gasteiger partial charge is 0.251 e. The van der Waals surface area contributed by atoms with Crippen LogP contribution in [-0.2, 0) is 4.74 Å². The standard InChI is InChI=1S/C16H24N2O2/c1-11-4-5-12(16(19)17-2)10-15(11)18-13-6-8-14(20-3)9-7-13/h4-5,10,13-14,18H,6-9H2,1-3H3,(H,17,19). The fourth-order valence-electron chi connectivity index (χ4n) is 2.73. The molecule has 2 N–H and O–H groups in total. The third-order valence-corrected chi connectivity index (χ3v) is 4.09. The van der Waals surface area contributed by atoms with E-state index in [1.54, 1.807) is 14.2 Å². The number of carbonyl (C=O) groups excluding carboxylic acids is 1. The Balaban J connectivity index is 2.03. The van der Waals surface area contributed by atoms with Crippen LogP contribution in [0.25, 0.3) is 0 Å². The molecular formula is C16H24N2O2. The number of methoxy groups -OCH3 is 1. The summed E-state index contributed by atoms with van der Waals surface area (Å²) in [5.41, 5.74) is 2.93. The SMILES string of the molecule is CNC(=O)c1ccc(C)c(NC2CCC(OC)CC2)c1. The average Bonchev–Trinajstić information content (AvgIpc) is 2.49. The van der Waals surface area contributed by atoms with Crippen molar-refractivity contribution in [2.45, 2.75) is 44.8 Å². The van der Waals surface area contributed by atoms with Crippen molar-refractivity contribution in [1.82, 2.24) is 5.32 Å². The molecule has 1 aliphatic rings. The highest BCUT2D eigenvalue weighted by Crippen LogP contribution is 2.25. The lowest BCUT2D eigenvalue weighted by Crippen LogP contribution is -2.29. The molecule has 0 unspecified atom stereocenters. The summed E-state index contributed by atoms with van der Waals surface area (Å²) in [6.07, 6.45) is 4.83. The highest BCUT2D eigenvalue weighted by Gasteiger charge is 2.21. The molecule has 1 aliphatic carbocycles. The maximum absolute atomic E-state index is 11.7. The van der Waals surface area contributed by atoms with Gasteiger partial charge in [-0.05, 0) is 50.3 Å². The first kappa shape index (κ1) is 14.9. The Morgan fingerprint density at radius 1 is 1.25 bits per heavy atom. The normalized spacial score (nSPS) is 22.4. The van der Waals surface area contributed by atoms with E-state index in [2.05, 4.69) is 17.6 Å². The molecule has 0 aliphatic heterocycles. The van der Waals surface area contributed by atoms with Crippen molar-refractivity contribution in [3.8, 4) is 0 Å². The van der Waals surface area contributed by atoms with Crippen LogP contribution < -0.4 is 10.6 Å². The Morgan fingerprint density at radius 2 is 1.95 bits per heavy atom. The molecule has 1 saturated carbocycles. The number of hydrogen-bond acceptors (Lipinski definition) is 3. The second-order valence-corrected chi connectivity index (χ2v) is 5.46. The number of rotatable bonds is 4. The Morgan fingerprint density at radius 3 is 2.55 bits per heavy atom. The van der Waals surface area contributed by atoms with Crippen molar-refractivity contribution in [3.05, 3.63) is 29.3 Å². The number of nitrogens with one attached hydrogen (secondary N) is 2. The number of anilines is 1. The molecule has 110 valence electrons. The van der Waals surface area contributed by atoms with Crippen LogP contribution in [0.3, 0.4) is 0 Å². The van der Waals surface area contributed by atoms with Gasteiger partial charge in [-0.15, -0.1) is 0 Å². The van der Waals surface area contributed by atoms with Gasteiger partial charge in [-0.1, -0.05) is 6.07 Å². The third kappa shape index (κ3) is 3.51. The zero-order valence-corrected chi connectivity index (χ0v) is 12.5. The second kappa shape index (κ2) is 6.75. The Bertz CT molecular complexity index is 466. The van der Waals surface area contributed by atoms with Crippen molar-refractivity contribution in [2.24, 2.45) is 0 Å². The highest BCUT2D eigenvalue weighted by molar-refractivity contribution is 5.95. The molecule has 0 heterocycles. The van der Waals surface area contributed by atoms with Crippen LogP contribution in [0.2, 0.25) is 0 Å². The van der Waals surface area contributed by atoms with Crippen molar-refractivity contribution < 1.29 is 9.53 Å². The van der Waals surface area contributed by atoms with Crippen LogP contribution in [0.15, 0.2) is 18.2 Å². The number of benzene rings is 1. The fourth-order valence-corrected chi connectivity index (χ4v) is 2.73. The molecule has 0 spiro atoms. The van der Waals surface area contributed by atoms with Gasteiger partial charge in [0.1, 0.15) is 0 Å². The first-order valence-corrected chi connectivity index (χ1v) is 7.26. The quantitative estimate of drug-likeness (QED) is 0.889. The monoisotopic (exact) mass is 276 g/mol. The van der Waals surface area contributed by atoms with Gasteiger partial charge < -0.3 is 15.4 Å². The van der Waals surface area contributed by atoms with Crippen molar-refractivity contribution in [1.29, 1.82) is 0 Å². The number of aryl methyl sites for hydroxylation is 1. The molecule has 20 heavy (non-hydrogen) atoms. The molecule has 0 bridgehead atoms. The molecule has 0 aromatic heterocycles. The van der Waals surface area contributed by atoms with E-state index in [0.29, 0.717) is 17.7 Å². The van der Waals surface area contributed by atoms with E-state index in [1.807, 2.05) is 18.2 Å². The van der Waals surface area contributed by atoms with E-state index >= 15 is 0 Å². The van der Waals surface area contributed by atoms with Gasteiger partial charge >= 0.3 is 0 Å². The molecule has 0 saturated heterocycles. The molecule has 1 fully saturated rings. The molecule has 0 radical (unpaired) electrons. The number of carbonyl (C=O) groups is 1. The first-order valence-electron chi connectivity index (χ1n) is 7.26. The van der Waals surface area contributed by atoms with Crippen molar-refractivity contribution in [3.63, 3.8) is 0 Å². The van der Waals surface area contributed by atoms with Gasteiger partial charge in [0.25, 0.3) is 5.91 Å². The van der Waals surface area contributed by atoms with E-state index in [4.69, 9.17) is 4.74 Å². The minimum atomic E-state index is -0.0452. The van der Waals surface area contributed by atoms with Crippen LogP contribution in [0, 0.1) is 6.92 Å². The molecule has 1 aromatic carbocycles. The largest absolute Gasteiger partial charge is 0.382 e. The van der Waals surface area contributed by atoms with E-state index in [-0.39, 0.29) is 5.91 Å². The summed E-state index contributed by atoms with van der Waals surface area (Å²) in [6.45, 7) is 2.07. The summed E-state index contributed by atoms with van der Waals surface area (Å²) in [5.74, 6) is -0.0452. The first-order chi connectivity index (χ1) is 9.63. The zero-order chi connectivity index (χ0) is 14.5. The Hall–Kier alpha value is -1.55. The lowest BCUT2D eigenvalue weighted by Gasteiger charge is -2.29. The molecule has 0 atom stereocenters. The summed E-state index contributed by atoms with van der Waals surface area (Å²) >= 11 is 0. The molecule has 1 aromatic rings. The fraction of sp³-hybridized carbons (Fsp3) is 0.562. The second-order valence-electron chi connectivity index (χ2n) is 5.46. The van der Waals surface area contributed by atoms with Crippen LogP contribution >= 0.6 is 0 Å². The Labute approximate surface area is 120 Å². The lowest BCUT2D eigenvalue weighted by molar-refractivity contribution is 0.0682. The topological polar surface area (TPSA) is 50.4 Å². The van der Waals surface area contributed by atoms with Gasteiger partial charge in [0.05, 0.1) is 6.10 Å². The average molecular weight is 276 g/mol. The van der Waals surface area contributed by atoms with Crippen molar-refractivity contribution in [2.75, 3.05) is 19.5 Å². The summed E-state index contributed by atoms with van der Waals surface area (Å²) in [5, 5.41) is 6.24. The predicted octanol–water partition coefficient (Wildman–Crippen LogP) is 2.72. The number of hydrogen-bond donors (Lipinski definition) is 2.